The Morgan fingerprint density at radius 3 is 2.61 bits per heavy atom. The summed E-state index contributed by atoms with van der Waals surface area (Å²) in [6.45, 7) is 1.24. The maximum Gasteiger partial charge on any atom is 0.387 e. The van der Waals surface area contributed by atoms with Gasteiger partial charge in [0.25, 0.3) is 5.91 Å². The predicted octanol–water partition coefficient (Wildman–Crippen LogP) is 3.06. The van der Waals surface area contributed by atoms with Gasteiger partial charge in [0.05, 0.1) is 12.8 Å². The Labute approximate surface area is 159 Å². The second-order valence-corrected chi connectivity index (χ2v) is 6.01. The molecule has 3 aromatic rings. The Balaban J connectivity index is 1.70. The summed E-state index contributed by atoms with van der Waals surface area (Å²) in [5.41, 5.74) is 2.44. The van der Waals surface area contributed by atoms with Gasteiger partial charge in [-0.2, -0.15) is 19.0 Å². The number of hydrogen-bond donors (Lipinski definition) is 1. The average Bonchev–Trinajstić information content (AvgIpc) is 3.22. The number of amides is 1. The Morgan fingerprint density at radius 1 is 1.18 bits per heavy atom. The molecule has 0 radical (unpaired) electrons. The number of carbonyl (C=O) groups excluding carboxylic acids is 1. The van der Waals surface area contributed by atoms with E-state index >= 15 is 0 Å². The number of anilines is 1. The highest BCUT2D eigenvalue weighted by molar-refractivity contribution is 6.02. The van der Waals surface area contributed by atoms with Crippen molar-refractivity contribution >= 4 is 11.6 Å². The molecule has 10 heteroatoms. The van der Waals surface area contributed by atoms with Crippen LogP contribution in [-0.4, -0.2) is 39.2 Å². The third kappa shape index (κ3) is 4.45. The number of halogens is 2. The third-order valence-electron chi connectivity index (χ3n) is 3.89. The quantitative estimate of drug-likeness (QED) is 0.669. The molecule has 1 N–H and O–H groups in total. The number of nitrogens with one attached hydrogen (secondary N) is 1. The van der Waals surface area contributed by atoms with E-state index in [9.17, 15) is 13.6 Å². The molecule has 0 unspecified atom stereocenters. The van der Waals surface area contributed by atoms with Crippen molar-refractivity contribution in [3.05, 3.63) is 53.6 Å². The number of aryl methyl sites for hydroxylation is 2. The minimum Gasteiger partial charge on any atom is -0.493 e. The summed E-state index contributed by atoms with van der Waals surface area (Å²) in [5.74, 6) is -0.491. The Morgan fingerprint density at radius 2 is 1.96 bits per heavy atom. The lowest BCUT2D eigenvalue weighted by atomic mass is 10.2. The predicted molar refractivity (Wildman–Crippen MR) is 96.9 cm³/mol. The van der Waals surface area contributed by atoms with Crippen LogP contribution in [0.3, 0.4) is 0 Å². The van der Waals surface area contributed by atoms with Gasteiger partial charge in [-0.3, -0.25) is 9.48 Å². The van der Waals surface area contributed by atoms with Gasteiger partial charge in [0, 0.05) is 23.6 Å². The molecule has 148 valence electrons. The second-order valence-electron chi connectivity index (χ2n) is 6.01. The molecule has 0 bridgehead atoms. The van der Waals surface area contributed by atoms with Crippen molar-refractivity contribution in [2.75, 3.05) is 12.4 Å². The maximum atomic E-state index is 12.4. The van der Waals surface area contributed by atoms with Crippen LogP contribution in [0, 0.1) is 13.8 Å². The zero-order valence-electron chi connectivity index (χ0n) is 15.5. The summed E-state index contributed by atoms with van der Waals surface area (Å²) in [6, 6.07) is 7.65. The summed E-state index contributed by atoms with van der Waals surface area (Å²) in [5, 5.41) is 11.2. The minimum atomic E-state index is -2.97. The third-order valence-corrected chi connectivity index (χ3v) is 3.89. The molecule has 8 nitrogen and oxygen atoms in total. The normalized spacial score (nSPS) is 10.9. The van der Waals surface area contributed by atoms with Crippen LogP contribution in [-0.2, 0) is 6.67 Å². The molecule has 0 spiro atoms. The molecular weight excluding hydrogens is 372 g/mol. The molecule has 1 aromatic carbocycles. The number of alkyl halides is 2. The van der Waals surface area contributed by atoms with Crippen LogP contribution in [0.25, 0.3) is 0 Å². The van der Waals surface area contributed by atoms with Crippen molar-refractivity contribution in [1.29, 1.82) is 0 Å². The minimum absolute atomic E-state index is 0.0770. The highest BCUT2D eigenvalue weighted by atomic mass is 19.3. The lowest BCUT2D eigenvalue weighted by molar-refractivity contribution is -0.0512. The van der Waals surface area contributed by atoms with E-state index in [1.54, 1.807) is 21.6 Å². The highest BCUT2D eigenvalue weighted by Crippen LogP contribution is 2.31. The molecule has 2 heterocycles. The number of carbonyl (C=O) groups is 1. The summed E-state index contributed by atoms with van der Waals surface area (Å²) in [6.07, 6.45) is 1.67. The van der Waals surface area contributed by atoms with Crippen LogP contribution in [0.2, 0.25) is 0 Å². The SMILES string of the molecule is COc1cc(NC(=O)c2ccn(Cn3nc(C)cc3C)n2)ccc1OC(F)F. The van der Waals surface area contributed by atoms with Crippen molar-refractivity contribution in [2.45, 2.75) is 27.1 Å². The highest BCUT2D eigenvalue weighted by Gasteiger charge is 2.14. The Kier molecular flexibility index (Phi) is 5.57. The first-order valence-electron chi connectivity index (χ1n) is 8.34. The van der Waals surface area contributed by atoms with Crippen LogP contribution in [0.1, 0.15) is 21.9 Å². The lowest BCUT2D eigenvalue weighted by Crippen LogP contribution is -2.15. The maximum absolute atomic E-state index is 12.4. The van der Waals surface area contributed by atoms with E-state index in [4.69, 9.17) is 4.74 Å². The molecule has 28 heavy (non-hydrogen) atoms. The fourth-order valence-electron chi connectivity index (χ4n) is 2.65. The smallest absolute Gasteiger partial charge is 0.387 e. The van der Waals surface area contributed by atoms with E-state index in [1.807, 2.05) is 19.9 Å². The van der Waals surface area contributed by atoms with Gasteiger partial charge in [0.2, 0.25) is 0 Å². The molecule has 0 saturated heterocycles. The second kappa shape index (κ2) is 8.07. The first-order valence-corrected chi connectivity index (χ1v) is 8.34. The number of rotatable bonds is 7. The Hall–Kier alpha value is -3.43. The van der Waals surface area contributed by atoms with E-state index in [2.05, 4.69) is 20.3 Å². The standard InChI is InChI=1S/C18H19F2N5O3/c1-11-8-12(2)25(22-11)10-24-7-6-14(23-24)17(26)21-13-4-5-15(28-18(19)20)16(9-13)27-3/h4-9,18H,10H2,1-3H3,(H,21,26). The zero-order chi connectivity index (χ0) is 20.3. The van der Waals surface area contributed by atoms with Gasteiger partial charge in [0.1, 0.15) is 6.67 Å². The monoisotopic (exact) mass is 391 g/mol. The molecule has 0 aliphatic carbocycles. The largest absolute Gasteiger partial charge is 0.493 e. The topological polar surface area (TPSA) is 83.2 Å². The molecule has 0 aliphatic rings. The van der Waals surface area contributed by atoms with Crippen LogP contribution in [0.4, 0.5) is 14.5 Å². The number of aromatic nitrogens is 4. The lowest BCUT2D eigenvalue weighted by Gasteiger charge is -2.11. The first-order chi connectivity index (χ1) is 13.4. The van der Waals surface area contributed by atoms with Crippen molar-refractivity contribution < 1.29 is 23.0 Å². The van der Waals surface area contributed by atoms with Crippen LogP contribution in [0.5, 0.6) is 11.5 Å². The summed E-state index contributed by atoms with van der Waals surface area (Å²) >= 11 is 0. The molecular formula is C18H19F2N5O3. The number of benzene rings is 1. The van der Waals surface area contributed by atoms with Gasteiger partial charge in [-0.05, 0) is 38.1 Å². The van der Waals surface area contributed by atoms with Crippen LogP contribution >= 0.6 is 0 Å². The summed E-state index contributed by atoms with van der Waals surface area (Å²) in [4.78, 5) is 12.4. The van der Waals surface area contributed by atoms with Crippen molar-refractivity contribution in [2.24, 2.45) is 0 Å². The Bertz CT molecular complexity index is 984. The van der Waals surface area contributed by atoms with Gasteiger partial charge in [0.15, 0.2) is 17.2 Å². The average molecular weight is 391 g/mol. The number of hydrogen-bond acceptors (Lipinski definition) is 5. The van der Waals surface area contributed by atoms with E-state index in [-0.39, 0.29) is 17.2 Å². The zero-order valence-corrected chi connectivity index (χ0v) is 15.5. The van der Waals surface area contributed by atoms with Gasteiger partial charge in [-0.25, -0.2) is 4.68 Å². The fourth-order valence-corrected chi connectivity index (χ4v) is 2.65. The van der Waals surface area contributed by atoms with E-state index in [1.165, 1.54) is 25.3 Å². The van der Waals surface area contributed by atoms with E-state index in [0.717, 1.165) is 11.4 Å². The first kappa shape index (κ1) is 19.3. The molecule has 2 aromatic heterocycles. The molecule has 0 saturated carbocycles. The van der Waals surface area contributed by atoms with Gasteiger partial charge in [-0.1, -0.05) is 0 Å². The van der Waals surface area contributed by atoms with Gasteiger partial charge >= 0.3 is 6.61 Å². The molecule has 0 fully saturated rings. The van der Waals surface area contributed by atoms with Gasteiger partial charge in [-0.15, -0.1) is 0 Å². The fraction of sp³-hybridized carbons (Fsp3) is 0.278. The number of ether oxygens (including phenoxy) is 2. The van der Waals surface area contributed by atoms with E-state index in [0.29, 0.717) is 12.4 Å². The van der Waals surface area contributed by atoms with Gasteiger partial charge < -0.3 is 14.8 Å². The van der Waals surface area contributed by atoms with Crippen molar-refractivity contribution in [1.82, 2.24) is 19.6 Å². The van der Waals surface area contributed by atoms with Crippen molar-refractivity contribution in [3.8, 4) is 11.5 Å². The molecule has 0 aliphatic heterocycles. The van der Waals surface area contributed by atoms with E-state index < -0.39 is 12.5 Å². The summed E-state index contributed by atoms with van der Waals surface area (Å²) in [7, 11) is 1.32. The van der Waals surface area contributed by atoms with Crippen LogP contribution in [0.15, 0.2) is 36.5 Å². The van der Waals surface area contributed by atoms with Crippen LogP contribution < -0.4 is 14.8 Å². The van der Waals surface area contributed by atoms with Crippen molar-refractivity contribution in [3.63, 3.8) is 0 Å². The molecule has 0 atom stereocenters. The summed E-state index contributed by atoms with van der Waals surface area (Å²) < 4.78 is 37.5. The molecule has 3 rings (SSSR count). The molecule has 1 amide bonds. The number of methoxy groups -OCH3 is 1. The number of nitrogens with zero attached hydrogens (tertiary/aromatic N) is 4.